The first-order chi connectivity index (χ1) is 12.1. The van der Waals surface area contributed by atoms with Gasteiger partial charge in [-0.1, -0.05) is 12.1 Å². The van der Waals surface area contributed by atoms with Gasteiger partial charge in [0.25, 0.3) is 5.56 Å². The highest BCUT2D eigenvalue weighted by atomic mass is 16.1. The standard InChI is InChI=1S/C19H16N4O2/c1-13-8-14(9-20)6-7-16(13)17-11-22-23(19(17)25)18-5-3-2-4-15(12-24)10-21-18/h4-8,10-12,22H,2-3H2,1H3/b15-4-,18-5?,21-10?. The Morgan fingerprint density at radius 1 is 1.28 bits per heavy atom. The molecule has 0 aliphatic carbocycles. The number of hydrogen-bond acceptors (Lipinski definition) is 4. The monoisotopic (exact) mass is 332 g/mol. The van der Waals surface area contributed by atoms with Crippen molar-refractivity contribution in [1.82, 2.24) is 9.78 Å². The summed E-state index contributed by atoms with van der Waals surface area (Å²) in [7, 11) is 0. The van der Waals surface area contributed by atoms with Crippen molar-refractivity contribution in [3.05, 3.63) is 63.6 Å². The minimum absolute atomic E-state index is 0.228. The van der Waals surface area contributed by atoms with Crippen LogP contribution >= 0.6 is 0 Å². The molecule has 0 fully saturated rings. The molecule has 2 aromatic rings. The highest BCUT2D eigenvalue weighted by Gasteiger charge is 2.13. The van der Waals surface area contributed by atoms with Crippen LogP contribution in [0.2, 0.25) is 0 Å². The molecule has 1 aromatic heterocycles. The van der Waals surface area contributed by atoms with E-state index in [0.29, 0.717) is 35.4 Å². The highest BCUT2D eigenvalue weighted by Crippen LogP contribution is 2.22. The van der Waals surface area contributed by atoms with Gasteiger partial charge < -0.3 is 0 Å². The lowest BCUT2D eigenvalue weighted by atomic mass is 10.0. The van der Waals surface area contributed by atoms with E-state index in [2.05, 4.69) is 16.2 Å². The normalized spacial score (nSPS) is 16.2. The summed E-state index contributed by atoms with van der Waals surface area (Å²) in [6.07, 6.45) is 8.88. The fourth-order valence-corrected chi connectivity index (χ4v) is 2.70. The van der Waals surface area contributed by atoms with Gasteiger partial charge in [0, 0.05) is 18.0 Å². The number of rotatable bonds is 3. The number of nitrogens with one attached hydrogen (secondary N) is 1. The molecule has 1 N–H and O–H groups in total. The Morgan fingerprint density at radius 3 is 2.80 bits per heavy atom. The average molecular weight is 332 g/mol. The number of carbonyl (C=O) groups is 1. The summed E-state index contributed by atoms with van der Waals surface area (Å²) < 4.78 is 1.36. The van der Waals surface area contributed by atoms with Gasteiger partial charge in [0.2, 0.25) is 0 Å². The lowest BCUT2D eigenvalue weighted by Gasteiger charge is -2.05. The first-order valence-electron chi connectivity index (χ1n) is 7.85. The van der Waals surface area contributed by atoms with E-state index in [9.17, 15) is 9.59 Å². The van der Waals surface area contributed by atoms with Crippen LogP contribution in [-0.2, 0) is 4.79 Å². The Labute approximate surface area is 144 Å². The van der Waals surface area contributed by atoms with E-state index in [1.807, 2.05) is 19.1 Å². The summed E-state index contributed by atoms with van der Waals surface area (Å²) in [5.41, 5.74) is 2.94. The fourth-order valence-electron chi connectivity index (χ4n) is 2.70. The van der Waals surface area contributed by atoms with Crippen LogP contribution in [0, 0.1) is 18.3 Å². The molecule has 25 heavy (non-hydrogen) atoms. The lowest BCUT2D eigenvalue weighted by Crippen LogP contribution is -2.17. The molecule has 0 radical (unpaired) electrons. The second-order valence-corrected chi connectivity index (χ2v) is 5.69. The summed E-state index contributed by atoms with van der Waals surface area (Å²) in [5, 5.41) is 11.9. The minimum atomic E-state index is -0.228. The summed E-state index contributed by atoms with van der Waals surface area (Å²) in [5.74, 6) is 0.454. The molecule has 0 unspecified atom stereocenters. The van der Waals surface area contributed by atoms with Crippen molar-refractivity contribution in [2.45, 2.75) is 19.8 Å². The van der Waals surface area contributed by atoms with Crippen molar-refractivity contribution in [2.75, 3.05) is 0 Å². The third kappa shape index (κ3) is 3.26. The number of aromatic nitrogens is 2. The number of H-pyrrole nitrogens is 1. The SMILES string of the molecule is Cc1cc(C#N)ccc1-c1c[nH]n(C2=CCC/C=C(\C=O)C=N2)c1=O. The van der Waals surface area contributed by atoms with E-state index < -0.39 is 0 Å². The van der Waals surface area contributed by atoms with Crippen LogP contribution in [0.5, 0.6) is 0 Å². The molecule has 1 aromatic carbocycles. The maximum atomic E-state index is 12.8. The zero-order valence-electron chi connectivity index (χ0n) is 13.7. The van der Waals surface area contributed by atoms with Crippen LogP contribution in [0.15, 0.2) is 51.9 Å². The van der Waals surface area contributed by atoms with Gasteiger partial charge in [0.1, 0.15) is 0 Å². The molecule has 0 saturated carbocycles. The molecule has 1 aliphatic heterocycles. The van der Waals surface area contributed by atoms with E-state index in [-0.39, 0.29) is 5.56 Å². The third-order valence-corrected chi connectivity index (χ3v) is 4.00. The van der Waals surface area contributed by atoms with E-state index in [1.165, 1.54) is 10.9 Å². The van der Waals surface area contributed by atoms with Crippen LogP contribution in [0.1, 0.15) is 24.0 Å². The van der Waals surface area contributed by atoms with Crippen molar-refractivity contribution in [3.8, 4) is 17.2 Å². The first-order valence-corrected chi connectivity index (χ1v) is 7.85. The first kappa shape index (κ1) is 16.4. The maximum absolute atomic E-state index is 12.8. The summed E-state index contributed by atoms with van der Waals surface area (Å²) in [6.45, 7) is 1.86. The van der Waals surface area contributed by atoms with Gasteiger partial charge >= 0.3 is 0 Å². The number of allylic oxidation sites excluding steroid dienone is 3. The van der Waals surface area contributed by atoms with Crippen molar-refractivity contribution >= 4 is 18.3 Å². The average Bonchev–Trinajstić information content (AvgIpc) is 2.96. The molecule has 0 saturated heterocycles. The van der Waals surface area contributed by atoms with Gasteiger partial charge in [-0.05, 0) is 49.1 Å². The predicted octanol–water partition coefficient (Wildman–Crippen LogP) is 2.81. The summed E-state index contributed by atoms with van der Waals surface area (Å²) in [4.78, 5) is 28.0. The fraction of sp³-hybridized carbons (Fsp3) is 0.158. The summed E-state index contributed by atoms with van der Waals surface area (Å²) in [6, 6.07) is 7.30. The van der Waals surface area contributed by atoms with Crippen LogP contribution in [0.25, 0.3) is 16.9 Å². The minimum Gasteiger partial charge on any atom is -0.298 e. The topological polar surface area (TPSA) is 91.0 Å². The smallest absolute Gasteiger partial charge is 0.280 e. The second kappa shape index (κ2) is 6.97. The number of aliphatic imine (C=N–C) groups is 1. The Hall–Kier alpha value is -3.46. The number of nitrogens with zero attached hydrogens (tertiary/aromatic N) is 3. The molecule has 124 valence electrons. The van der Waals surface area contributed by atoms with Gasteiger partial charge in [-0.3, -0.25) is 14.7 Å². The number of hydrogen-bond donors (Lipinski definition) is 1. The van der Waals surface area contributed by atoms with E-state index >= 15 is 0 Å². The van der Waals surface area contributed by atoms with Crippen LogP contribution in [0.4, 0.5) is 0 Å². The largest absolute Gasteiger partial charge is 0.298 e. The van der Waals surface area contributed by atoms with Crippen molar-refractivity contribution < 1.29 is 4.79 Å². The molecule has 0 atom stereocenters. The highest BCUT2D eigenvalue weighted by molar-refractivity contribution is 6.02. The molecule has 1 aliphatic rings. The predicted molar refractivity (Wildman–Crippen MR) is 96.1 cm³/mol. The molecule has 6 nitrogen and oxygen atoms in total. The number of aldehydes is 1. The molecule has 0 bridgehead atoms. The van der Waals surface area contributed by atoms with Gasteiger partial charge in [0.05, 0.1) is 17.2 Å². The number of aryl methyl sites for hydroxylation is 1. The van der Waals surface area contributed by atoms with Crippen LogP contribution < -0.4 is 5.56 Å². The molecular weight excluding hydrogens is 316 g/mol. The zero-order valence-corrected chi connectivity index (χ0v) is 13.7. The lowest BCUT2D eigenvalue weighted by molar-refractivity contribution is -0.104. The third-order valence-electron chi connectivity index (χ3n) is 4.00. The number of carbonyl (C=O) groups excluding carboxylic acids is 1. The molecule has 2 heterocycles. The van der Waals surface area contributed by atoms with Gasteiger partial charge in [-0.15, -0.1) is 0 Å². The van der Waals surface area contributed by atoms with Crippen LogP contribution in [-0.4, -0.2) is 22.3 Å². The zero-order chi connectivity index (χ0) is 17.8. The Kier molecular flexibility index (Phi) is 4.57. The maximum Gasteiger partial charge on any atom is 0.280 e. The van der Waals surface area contributed by atoms with E-state index in [0.717, 1.165) is 17.4 Å². The number of benzene rings is 1. The quantitative estimate of drug-likeness (QED) is 0.876. The summed E-state index contributed by atoms with van der Waals surface area (Å²) >= 11 is 0. The number of nitriles is 1. The van der Waals surface area contributed by atoms with E-state index in [4.69, 9.17) is 5.26 Å². The van der Waals surface area contributed by atoms with Crippen molar-refractivity contribution in [2.24, 2.45) is 4.99 Å². The molecular formula is C19H16N4O2. The van der Waals surface area contributed by atoms with E-state index in [1.54, 1.807) is 24.4 Å². The Bertz CT molecular complexity index is 1010. The number of aromatic amines is 1. The molecule has 0 spiro atoms. The molecule has 6 heteroatoms. The van der Waals surface area contributed by atoms with Crippen molar-refractivity contribution in [1.29, 1.82) is 5.26 Å². The molecule has 3 rings (SSSR count). The Balaban J connectivity index is 2.02. The van der Waals surface area contributed by atoms with Gasteiger partial charge in [0.15, 0.2) is 12.1 Å². The second-order valence-electron chi connectivity index (χ2n) is 5.69. The van der Waals surface area contributed by atoms with Crippen molar-refractivity contribution in [3.63, 3.8) is 0 Å². The molecule has 0 amide bonds. The van der Waals surface area contributed by atoms with Crippen LogP contribution in [0.3, 0.4) is 0 Å². The Morgan fingerprint density at radius 2 is 2.08 bits per heavy atom. The van der Waals surface area contributed by atoms with Gasteiger partial charge in [-0.25, -0.2) is 9.67 Å². The van der Waals surface area contributed by atoms with Gasteiger partial charge in [-0.2, -0.15) is 5.26 Å².